The maximum Gasteiger partial charge on any atom is 0.407 e. The third-order valence-corrected chi connectivity index (χ3v) is 4.22. The lowest BCUT2D eigenvalue weighted by Gasteiger charge is -2.42. The van der Waals surface area contributed by atoms with Gasteiger partial charge in [-0.25, -0.2) is 4.79 Å². The number of carbonyl (C=O) groups excluding carboxylic acids is 2. The van der Waals surface area contributed by atoms with Crippen molar-refractivity contribution in [3.8, 4) is 0 Å². The first-order chi connectivity index (χ1) is 11.3. The number of nitrogens with one attached hydrogen (secondary N) is 1. The minimum atomic E-state index is -1.17. The van der Waals surface area contributed by atoms with Crippen LogP contribution in [0.3, 0.4) is 0 Å². The number of amides is 2. The fourth-order valence-corrected chi connectivity index (χ4v) is 3.23. The lowest BCUT2D eigenvalue weighted by Crippen LogP contribution is -2.56. The first kappa shape index (κ1) is 18.1. The van der Waals surface area contributed by atoms with E-state index in [0.717, 1.165) is 12.0 Å². The number of nitrogens with zero attached hydrogens (tertiary/aromatic N) is 1. The van der Waals surface area contributed by atoms with Gasteiger partial charge in [0.15, 0.2) is 0 Å². The predicted molar refractivity (Wildman–Crippen MR) is 88.2 cm³/mol. The van der Waals surface area contributed by atoms with E-state index in [1.165, 1.54) is 4.90 Å². The van der Waals surface area contributed by atoms with Crippen LogP contribution in [-0.4, -0.2) is 34.7 Å². The van der Waals surface area contributed by atoms with Gasteiger partial charge in [0.2, 0.25) is 0 Å². The fourth-order valence-electron chi connectivity index (χ4n) is 3.23. The van der Waals surface area contributed by atoms with Gasteiger partial charge in [-0.15, -0.1) is 0 Å². The topological polar surface area (TPSA) is 81.7 Å². The molecule has 1 aliphatic carbocycles. The molecule has 0 bridgehead atoms. The van der Waals surface area contributed by atoms with Crippen LogP contribution in [0.1, 0.15) is 45.6 Å². The summed E-state index contributed by atoms with van der Waals surface area (Å²) in [6.45, 7) is 5.75. The Balaban J connectivity index is 1.82. The Kier molecular flexibility index (Phi) is 5.70. The SMILES string of the molecule is CC(C)(C)N(C(=O)[O-])[C@H]1CC[C@@H](NC(=O)OCc2ccccc2)C1. The number of carbonyl (C=O) groups is 2. The van der Waals surface area contributed by atoms with E-state index in [1.807, 2.05) is 51.1 Å². The van der Waals surface area contributed by atoms with E-state index in [4.69, 9.17) is 4.74 Å². The Labute approximate surface area is 142 Å². The Morgan fingerprint density at radius 1 is 1.25 bits per heavy atom. The number of alkyl carbamates (subject to hydrolysis) is 1. The van der Waals surface area contributed by atoms with Gasteiger partial charge < -0.3 is 24.9 Å². The van der Waals surface area contributed by atoms with Crippen LogP contribution in [0, 0.1) is 0 Å². The molecule has 24 heavy (non-hydrogen) atoms. The molecule has 0 heterocycles. The molecule has 1 aliphatic rings. The van der Waals surface area contributed by atoms with Crippen molar-refractivity contribution in [1.82, 2.24) is 10.2 Å². The summed E-state index contributed by atoms with van der Waals surface area (Å²) in [6, 6.07) is 9.23. The van der Waals surface area contributed by atoms with Gasteiger partial charge in [-0.3, -0.25) is 0 Å². The number of hydrogen-bond acceptors (Lipinski definition) is 4. The molecular formula is C18H25N2O4-. The molecule has 2 amide bonds. The third kappa shape index (κ3) is 4.88. The average Bonchev–Trinajstić information content (AvgIpc) is 2.92. The summed E-state index contributed by atoms with van der Waals surface area (Å²) in [5, 5.41) is 14.2. The van der Waals surface area contributed by atoms with Gasteiger partial charge in [-0.2, -0.15) is 0 Å². The zero-order chi connectivity index (χ0) is 17.7. The second-order valence-corrected chi connectivity index (χ2v) is 7.18. The summed E-state index contributed by atoms with van der Waals surface area (Å²) in [7, 11) is 0. The highest BCUT2D eigenvalue weighted by Gasteiger charge is 2.35. The van der Waals surface area contributed by atoms with Crippen molar-refractivity contribution in [2.24, 2.45) is 0 Å². The maximum absolute atomic E-state index is 11.9. The minimum absolute atomic E-state index is 0.0810. The van der Waals surface area contributed by atoms with Crippen LogP contribution >= 0.6 is 0 Å². The van der Waals surface area contributed by atoms with Gasteiger partial charge in [0.05, 0.1) is 0 Å². The summed E-state index contributed by atoms with van der Waals surface area (Å²) in [5.41, 5.74) is 0.402. The highest BCUT2D eigenvalue weighted by atomic mass is 16.5. The first-order valence-corrected chi connectivity index (χ1v) is 8.25. The summed E-state index contributed by atoms with van der Waals surface area (Å²) >= 11 is 0. The maximum atomic E-state index is 11.9. The molecule has 0 unspecified atom stereocenters. The Hall–Kier alpha value is -2.24. The molecule has 0 saturated heterocycles. The molecule has 132 valence electrons. The van der Waals surface area contributed by atoms with Crippen LogP contribution in [0.4, 0.5) is 9.59 Å². The van der Waals surface area contributed by atoms with Crippen molar-refractivity contribution in [1.29, 1.82) is 0 Å². The largest absolute Gasteiger partial charge is 0.530 e. The van der Waals surface area contributed by atoms with Gasteiger partial charge in [0.1, 0.15) is 12.7 Å². The predicted octanol–water partition coefficient (Wildman–Crippen LogP) is 2.28. The second kappa shape index (κ2) is 7.55. The number of rotatable bonds is 4. The fraction of sp³-hybridized carbons (Fsp3) is 0.556. The molecule has 0 spiro atoms. The van der Waals surface area contributed by atoms with Crippen molar-refractivity contribution in [2.75, 3.05) is 0 Å². The standard InChI is InChI=1S/C18H26N2O4/c1-18(2,3)20(17(22)23)15-10-9-14(11-15)19-16(21)24-12-13-7-5-4-6-8-13/h4-8,14-15H,9-12H2,1-3H3,(H,19,21)(H,22,23)/p-1/t14-,15+/m1/s1. The van der Waals surface area contributed by atoms with E-state index in [9.17, 15) is 14.7 Å². The van der Waals surface area contributed by atoms with Crippen LogP contribution in [0.2, 0.25) is 0 Å². The van der Waals surface area contributed by atoms with Crippen LogP contribution in [0.25, 0.3) is 0 Å². The molecule has 1 saturated carbocycles. The van der Waals surface area contributed by atoms with Gasteiger partial charge in [0.25, 0.3) is 0 Å². The molecule has 0 aliphatic heterocycles. The van der Waals surface area contributed by atoms with Gasteiger partial charge in [-0.05, 0) is 45.6 Å². The summed E-state index contributed by atoms with van der Waals surface area (Å²) in [6.07, 6.45) is 0.367. The molecular weight excluding hydrogens is 308 g/mol. The van der Waals surface area contributed by atoms with Crippen molar-refractivity contribution < 1.29 is 19.4 Å². The number of hydrogen-bond donors (Lipinski definition) is 1. The third-order valence-electron chi connectivity index (χ3n) is 4.22. The molecule has 1 aromatic carbocycles. The monoisotopic (exact) mass is 333 g/mol. The lowest BCUT2D eigenvalue weighted by atomic mass is 10.0. The highest BCUT2D eigenvalue weighted by molar-refractivity contribution is 5.68. The van der Waals surface area contributed by atoms with Crippen molar-refractivity contribution >= 4 is 12.2 Å². The van der Waals surface area contributed by atoms with Crippen LogP contribution < -0.4 is 10.4 Å². The van der Waals surface area contributed by atoms with E-state index in [2.05, 4.69) is 5.32 Å². The molecule has 6 heteroatoms. The zero-order valence-corrected chi connectivity index (χ0v) is 14.5. The van der Waals surface area contributed by atoms with Crippen molar-refractivity contribution in [2.45, 2.75) is 64.3 Å². The van der Waals surface area contributed by atoms with E-state index >= 15 is 0 Å². The summed E-state index contributed by atoms with van der Waals surface area (Å²) in [5.74, 6) is 0. The minimum Gasteiger partial charge on any atom is -0.530 e. The lowest BCUT2D eigenvalue weighted by molar-refractivity contribution is -0.273. The molecule has 6 nitrogen and oxygen atoms in total. The van der Waals surface area contributed by atoms with Crippen LogP contribution in [-0.2, 0) is 11.3 Å². The van der Waals surface area contributed by atoms with Gasteiger partial charge >= 0.3 is 6.09 Å². The molecule has 1 aromatic rings. The normalized spacial score (nSPS) is 20.5. The number of carboxylic acid groups (broad SMARTS) is 1. The van der Waals surface area contributed by atoms with E-state index < -0.39 is 17.7 Å². The molecule has 2 atom stereocenters. The summed E-state index contributed by atoms with van der Waals surface area (Å²) < 4.78 is 5.21. The van der Waals surface area contributed by atoms with Gasteiger partial charge in [0, 0.05) is 17.6 Å². The molecule has 1 fully saturated rings. The molecule has 0 aromatic heterocycles. The Morgan fingerprint density at radius 3 is 2.50 bits per heavy atom. The van der Waals surface area contributed by atoms with Gasteiger partial charge in [-0.1, -0.05) is 30.3 Å². The number of benzene rings is 1. The van der Waals surface area contributed by atoms with Crippen LogP contribution in [0.5, 0.6) is 0 Å². The first-order valence-electron chi connectivity index (χ1n) is 8.25. The van der Waals surface area contributed by atoms with Crippen LogP contribution in [0.15, 0.2) is 30.3 Å². The van der Waals surface area contributed by atoms with Crippen molar-refractivity contribution in [3.63, 3.8) is 0 Å². The molecule has 0 radical (unpaired) electrons. The average molecular weight is 333 g/mol. The van der Waals surface area contributed by atoms with E-state index in [-0.39, 0.29) is 18.7 Å². The smallest absolute Gasteiger partial charge is 0.407 e. The Bertz CT molecular complexity index is 568. The second-order valence-electron chi connectivity index (χ2n) is 7.18. The van der Waals surface area contributed by atoms with E-state index in [0.29, 0.717) is 12.8 Å². The molecule has 1 N–H and O–H groups in total. The summed E-state index contributed by atoms with van der Waals surface area (Å²) in [4.78, 5) is 24.7. The quantitative estimate of drug-likeness (QED) is 0.916. The number of ether oxygens (including phenoxy) is 1. The Morgan fingerprint density at radius 2 is 1.92 bits per heavy atom. The van der Waals surface area contributed by atoms with Crippen molar-refractivity contribution in [3.05, 3.63) is 35.9 Å². The highest BCUT2D eigenvalue weighted by Crippen LogP contribution is 2.29. The van der Waals surface area contributed by atoms with E-state index in [1.54, 1.807) is 0 Å². The molecule has 2 rings (SSSR count). The zero-order valence-electron chi connectivity index (χ0n) is 14.5.